The average Bonchev–Trinajstić information content (AvgIpc) is 2.67. The zero-order chi connectivity index (χ0) is 22.5. The second-order valence-corrected chi connectivity index (χ2v) is 9.48. The Hall–Kier alpha value is -1.90. The quantitative estimate of drug-likeness (QED) is 0.390. The highest BCUT2D eigenvalue weighted by Gasteiger charge is 2.34. The number of methoxy groups -OCH3 is 2. The van der Waals surface area contributed by atoms with Gasteiger partial charge in [0.05, 0.1) is 25.3 Å². The minimum Gasteiger partial charge on any atom is -0.481 e. The molecule has 1 aromatic carbocycles. The van der Waals surface area contributed by atoms with Gasteiger partial charge in [-0.15, -0.1) is 0 Å². The van der Waals surface area contributed by atoms with Gasteiger partial charge in [-0.1, -0.05) is 55.7 Å². The molecule has 2 rings (SSSR count). The molecular formula is C20H24Cl2N2O5S. The third-order valence-electron chi connectivity index (χ3n) is 4.16. The summed E-state index contributed by atoms with van der Waals surface area (Å²) in [5.74, 6) is -0.127. The largest absolute Gasteiger partial charge is 0.481 e. The Bertz CT molecular complexity index is 870. The number of nitrogens with zero attached hydrogens (tertiary/aromatic N) is 2. The number of carboxylic acids is 1. The zero-order valence-corrected chi connectivity index (χ0v) is 19.6. The molecule has 0 radical (unpaired) electrons. The lowest BCUT2D eigenvalue weighted by Gasteiger charge is -2.31. The molecular weight excluding hydrogens is 451 g/mol. The number of ether oxygens (including phenoxy) is 3. The molecule has 0 aliphatic carbocycles. The summed E-state index contributed by atoms with van der Waals surface area (Å²) in [4.78, 5) is 20.6. The molecule has 1 aromatic heterocycles. The fourth-order valence-corrected chi connectivity index (χ4v) is 4.09. The molecule has 0 aliphatic rings. The maximum Gasteiger partial charge on any atom is 0.344 e. The molecule has 0 bridgehead atoms. The van der Waals surface area contributed by atoms with Crippen LogP contribution in [0, 0.1) is 5.41 Å². The van der Waals surface area contributed by atoms with Crippen molar-refractivity contribution >= 4 is 40.9 Å². The van der Waals surface area contributed by atoms with E-state index in [2.05, 4.69) is 9.97 Å². The topological polar surface area (TPSA) is 90.8 Å². The lowest BCUT2D eigenvalue weighted by molar-refractivity contribution is -0.145. The van der Waals surface area contributed by atoms with Crippen molar-refractivity contribution < 1.29 is 24.1 Å². The number of rotatable bonds is 9. The Morgan fingerprint density at radius 3 is 2.20 bits per heavy atom. The highest BCUT2D eigenvalue weighted by molar-refractivity contribution is 7.99. The summed E-state index contributed by atoms with van der Waals surface area (Å²) < 4.78 is 16.1. The minimum absolute atomic E-state index is 0.186. The Balaban J connectivity index is 2.28. The lowest BCUT2D eigenvalue weighted by Crippen LogP contribution is -2.35. The van der Waals surface area contributed by atoms with E-state index in [1.54, 1.807) is 18.2 Å². The third kappa shape index (κ3) is 6.82. The first-order chi connectivity index (χ1) is 14.0. The fraction of sp³-hybridized carbons (Fsp3) is 0.450. The highest BCUT2D eigenvalue weighted by Crippen LogP contribution is 2.39. The van der Waals surface area contributed by atoms with E-state index in [-0.39, 0.29) is 27.9 Å². The van der Waals surface area contributed by atoms with Crippen LogP contribution in [0.5, 0.6) is 17.5 Å². The Morgan fingerprint density at radius 2 is 1.73 bits per heavy atom. The smallest absolute Gasteiger partial charge is 0.344 e. The molecule has 0 amide bonds. The predicted octanol–water partition coefficient (Wildman–Crippen LogP) is 5.23. The summed E-state index contributed by atoms with van der Waals surface area (Å²) in [5.41, 5.74) is -0.287. The summed E-state index contributed by atoms with van der Waals surface area (Å²) in [5, 5.41) is 10.6. The number of carbonyl (C=O) groups is 1. The van der Waals surface area contributed by atoms with Gasteiger partial charge in [0.25, 0.3) is 0 Å². The molecule has 0 fully saturated rings. The molecule has 30 heavy (non-hydrogen) atoms. The number of halogens is 2. The van der Waals surface area contributed by atoms with Crippen LogP contribution in [-0.4, -0.2) is 46.6 Å². The van der Waals surface area contributed by atoms with Crippen molar-refractivity contribution in [3.8, 4) is 17.5 Å². The van der Waals surface area contributed by atoms with Gasteiger partial charge in [0.2, 0.25) is 11.8 Å². The standard InChI is InChI=1S/C20H24Cl2N2O5S/c1-20(2,3)15(30-19-23-16(27-4)10-17(24-19)28-5)9-14(18(25)26)29-13-7-6-11(21)8-12(13)22/h6-8,10,14-15H,9H2,1-5H3,(H,25,26). The Kier molecular flexibility index (Phi) is 8.46. The summed E-state index contributed by atoms with van der Waals surface area (Å²) in [6, 6.07) is 6.22. The number of hydrogen-bond acceptors (Lipinski definition) is 7. The van der Waals surface area contributed by atoms with Crippen LogP contribution in [0.25, 0.3) is 0 Å². The second kappa shape index (κ2) is 10.4. The summed E-state index contributed by atoms with van der Waals surface area (Å²) in [7, 11) is 3.00. The van der Waals surface area contributed by atoms with E-state index in [0.717, 1.165) is 0 Å². The van der Waals surface area contributed by atoms with Crippen molar-refractivity contribution in [3.05, 3.63) is 34.3 Å². The SMILES string of the molecule is COc1cc(OC)nc(SC(CC(Oc2ccc(Cl)cc2Cl)C(=O)O)C(C)(C)C)n1. The van der Waals surface area contributed by atoms with Gasteiger partial charge in [0.1, 0.15) is 5.75 Å². The molecule has 0 spiro atoms. The van der Waals surface area contributed by atoms with E-state index in [4.69, 9.17) is 37.4 Å². The van der Waals surface area contributed by atoms with E-state index in [1.165, 1.54) is 32.0 Å². The van der Waals surface area contributed by atoms with Gasteiger partial charge in [-0.3, -0.25) is 0 Å². The van der Waals surface area contributed by atoms with Crippen molar-refractivity contribution in [3.63, 3.8) is 0 Å². The number of carboxylic acid groups (broad SMARTS) is 1. The molecule has 0 saturated carbocycles. The van der Waals surface area contributed by atoms with Crippen LogP contribution >= 0.6 is 35.0 Å². The van der Waals surface area contributed by atoms with Gasteiger partial charge >= 0.3 is 5.97 Å². The van der Waals surface area contributed by atoms with Crippen molar-refractivity contribution in [2.75, 3.05) is 14.2 Å². The average molecular weight is 475 g/mol. The Morgan fingerprint density at radius 1 is 1.13 bits per heavy atom. The van der Waals surface area contributed by atoms with Gasteiger partial charge < -0.3 is 19.3 Å². The molecule has 2 unspecified atom stereocenters. The zero-order valence-electron chi connectivity index (χ0n) is 17.3. The number of aromatic nitrogens is 2. The molecule has 1 heterocycles. The van der Waals surface area contributed by atoms with Gasteiger partial charge in [-0.2, -0.15) is 9.97 Å². The molecule has 2 aromatic rings. The molecule has 164 valence electrons. The molecule has 10 heteroatoms. The molecule has 0 aliphatic heterocycles. The summed E-state index contributed by atoms with van der Waals surface area (Å²) >= 11 is 13.4. The second-order valence-electron chi connectivity index (χ2n) is 7.46. The molecule has 2 atom stereocenters. The summed E-state index contributed by atoms with van der Waals surface area (Å²) in [6.07, 6.45) is -0.946. The van der Waals surface area contributed by atoms with Crippen LogP contribution in [0.1, 0.15) is 27.2 Å². The molecule has 1 N–H and O–H groups in total. The Labute approximate surface area is 190 Å². The first kappa shape index (κ1) is 24.4. The third-order valence-corrected chi connectivity index (χ3v) is 6.27. The van der Waals surface area contributed by atoms with E-state index < -0.39 is 12.1 Å². The number of aliphatic carboxylic acids is 1. The highest BCUT2D eigenvalue weighted by atomic mass is 35.5. The van der Waals surface area contributed by atoms with E-state index in [1.807, 2.05) is 20.8 Å². The van der Waals surface area contributed by atoms with E-state index in [9.17, 15) is 9.90 Å². The van der Waals surface area contributed by atoms with Crippen molar-refractivity contribution in [2.24, 2.45) is 5.41 Å². The van der Waals surface area contributed by atoms with Crippen LogP contribution in [0.15, 0.2) is 29.4 Å². The van der Waals surface area contributed by atoms with Crippen LogP contribution in [0.4, 0.5) is 0 Å². The normalized spacial score (nSPS) is 13.4. The van der Waals surface area contributed by atoms with Crippen LogP contribution < -0.4 is 14.2 Å². The van der Waals surface area contributed by atoms with Crippen LogP contribution in [-0.2, 0) is 4.79 Å². The predicted molar refractivity (Wildman–Crippen MR) is 117 cm³/mol. The number of thioether (sulfide) groups is 1. The van der Waals surface area contributed by atoms with Crippen molar-refractivity contribution in [2.45, 2.75) is 43.7 Å². The van der Waals surface area contributed by atoms with Gasteiger partial charge in [0.15, 0.2) is 11.3 Å². The summed E-state index contributed by atoms with van der Waals surface area (Å²) in [6.45, 7) is 6.03. The van der Waals surface area contributed by atoms with Crippen LogP contribution in [0.2, 0.25) is 10.0 Å². The molecule has 0 saturated heterocycles. The van der Waals surface area contributed by atoms with Gasteiger partial charge in [0, 0.05) is 16.7 Å². The van der Waals surface area contributed by atoms with Crippen molar-refractivity contribution in [1.29, 1.82) is 0 Å². The lowest BCUT2D eigenvalue weighted by atomic mass is 9.88. The first-order valence-corrected chi connectivity index (χ1v) is 10.6. The van der Waals surface area contributed by atoms with Gasteiger partial charge in [-0.25, -0.2) is 4.79 Å². The van der Waals surface area contributed by atoms with Crippen molar-refractivity contribution in [1.82, 2.24) is 9.97 Å². The monoisotopic (exact) mass is 474 g/mol. The van der Waals surface area contributed by atoms with Crippen LogP contribution in [0.3, 0.4) is 0 Å². The maximum atomic E-state index is 11.9. The maximum absolute atomic E-state index is 11.9. The fourth-order valence-electron chi connectivity index (χ4n) is 2.47. The van der Waals surface area contributed by atoms with Gasteiger partial charge in [-0.05, 0) is 23.6 Å². The molecule has 7 nitrogen and oxygen atoms in total. The minimum atomic E-state index is -1.13. The van der Waals surface area contributed by atoms with E-state index >= 15 is 0 Å². The van der Waals surface area contributed by atoms with E-state index in [0.29, 0.717) is 21.9 Å². The number of hydrogen-bond donors (Lipinski definition) is 1. The first-order valence-electron chi connectivity index (χ1n) is 9.01. The number of benzene rings is 1.